The Labute approximate surface area is 116 Å². The van der Waals surface area contributed by atoms with E-state index in [1.165, 1.54) is 23.5 Å². The number of aliphatic carboxylic acids is 1. The second-order valence-corrected chi connectivity index (χ2v) is 4.20. The summed E-state index contributed by atoms with van der Waals surface area (Å²) in [6.45, 7) is -0.657. The number of hydrogen-bond acceptors (Lipinski definition) is 3. The van der Waals surface area contributed by atoms with E-state index in [9.17, 15) is 27.2 Å². The molecule has 0 fully saturated rings. The molecule has 0 aliphatic carbocycles. The highest BCUT2D eigenvalue weighted by molar-refractivity contribution is 5.88. The molecular formula is C12H11F4NO4. The van der Waals surface area contributed by atoms with E-state index in [4.69, 9.17) is 5.11 Å². The van der Waals surface area contributed by atoms with Crippen molar-refractivity contribution in [2.24, 2.45) is 0 Å². The van der Waals surface area contributed by atoms with E-state index in [-0.39, 0.29) is 5.75 Å². The number of ether oxygens (including phenoxy) is 1. The standard InChI is InChI=1S/C12H11F4NO4/c1-11(10(19)20,12(14,15)16)17-9(18)6-21-8-5-3-2-4-7(8)13/h2-5H,6H2,1H3,(H,17,18)(H,19,20). The molecule has 1 rings (SSSR count). The number of amides is 1. The molecule has 0 aliphatic rings. The Balaban J connectivity index is 2.73. The van der Waals surface area contributed by atoms with Gasteiger partial charge in [0, 0.05) is 0 Å². The first-order valence-corrected chi connectivity index (χ1v) is 5.56. The summed E-state index contributed by atoms with van der Waals surface area (Å²) in [6.07, 6.45) is -5.20. The average Bonchev–Trinajstić information content (AvgIpc) is 2.36. The normalized spacial score (nSPS) is 14.1. The number of alkyl halides is 3. The Morgan fingerprint density at radius 1 is 1.29 bits per heavy atom. The van der Waals surface area contributed by atoms with E-state index in [0.29, 0.717) is 6.92 Å². The van der Waals surface area contributed by atoms with Crippen LogP contribution in [0.5, 0.6) is 5.75 Å². The molecule has 21 heavy (non-hydrogen) atoms. The summed E-state index contributed by atoms with van der Waals surface area (Å²) < 4.78 is 55.8. The molecular weight excluding hydrogens is 298 g/mol. The molecule has 116 valence electrons. The molecule has 0 radical (unpaired) electrons. The van der Waals surface area contributed by atoms with Gasteiger partial charge in [0.05, 0.1) is 0 Å². The number of benzene rings is 1. The van der Waals surface area contributed by atoms with Crippen molar-refractivity contribution in [3.05, 3.63) is 30.1 Å². The molecule has 1 unspecified atom stereocenters. The summed E-state index contributed by atoms with van der Waals surface area (Å²) in [5, 5.41) is 9.92. The number of nitrogens with one attached hydrogen (secondary N) is 1. The van der Waals surface area contributed by atoms with Crippen LogP contribution in [0.2, 0.25) is 0 Å². The molecule has 1 atom stereocenters. The summed E-state index contributed by atoms with van der Waals surface area (Å²) in [6, 6.07) is 4.95. The summed E-state index contributed by atoms with van der Waals surface area (Å²) in [5.74, 6) is -4.76. The summed E-state index contributed by atoms with van der Waals surface area (Å²) in [5.41, 5.74) is -3.46. The highest BCUT2D eigenvalue weighted by Gasteiger charge is 2.58. The Hall–Kier alpha value is -2.32. The van der Waals surface area contributed by atoms with Crippen LogP contribution in [0.3, 0.4) is 0 Å². The maximum atomic E-state index is 13.2. The van der Waals surface area contributed by atoms with Crippen molar-refractivity contribution in [1.82, 2.24) is 5.32 Å². The minimum Gasteiger partial charge on any atom is -0.481 e. The number of halogens is 4. The van der Waals surface area contributed by atoms with E-state index in [2.05, 4.69) is 4.74 Å². The van der Waals surface area contributed by atoms with Gasteiger partial charge in [0.15, 0.2) is 18.2 Å². The molecule has 0 bridgehead atoms. The van der Waals surface area contributed by atoms with Gasteiger partial charge in [-0.3, -0.25) is 4.79 Å². The largest absolute Gasteiger partial charge is 0.481 e. The molecule has 0 saturated heterocycles. The molecule has 2 N–H and O–H groups in total. The Morgan fingerprint density at radius 3 is 2.33 bits per heavy atom. The molecule has 1 aromatic rings. The van der Waals surface area contributed by atoms with Crippen LogP contribution < -0.4 is 10.1 Å². The number of carbonyl (C=O) groups excluding carboxylic acids is 1. The minimum atomic E-state index is -5.20. The molecule has 1 aromatic carbocycles. The van der Waals surface area contributed by atoms with Crippen molar-refractivity contribution in [3.8, 4) is 5.75 Å². The Bertz CT molecular complexity index is 546. The third-order valence-electron chi connectivity index (χ3n) is 2.58. The van der Waals surface area contributed by atoms with E-state index in [1.807, 2.05) is 0 Å². The lowest BCUT2D eigenvalue weighted by atomic mass is 10.0. The summed E-state index contributed by atoms with van der Waals surface area (Å²) >= 11 is 0. The van der Waals surface area contributed by atoms with Gasteiger partial charge in [0.2, 0.25) is 5.54 Å². The number of para-hydroxylation sites is 1. The number of hydrogen-bond donors (Lipinski definition) is 2. The van der Waals surface area contributed by atoms with Crippen molar-refractivity contribution in [3.63, 3.8) is 0 Å². The zero-order valence-electron chi connectivity index (χ0n) is 10.7. The molecule has 5 nitrogen and oxygen atoms in total. The van der Waals surface area contributed by atoms with E-state index in [0.717, 1.165) is 6.07 Å². The lowest BCUT2D eigenvalue weighted by molar-refractivity contribution is -0.207. The third kappa shape index (κ3) is 3.83. The van der Waals surface area contributed by atoms with Crippen molar-refractivity contribution in [1.29, 1.82) is 0 Å². The first-order chi connectivity index (χ1) is 9.58. The minimum absolute atomic E-state index is 0.302. The van der Waals surface area contributed by atoms with Gasteiger partial charge in [-0.25, -0.2) is 9.18 Å². The maximum Gasteiger partial charge on any atom is 0.422 e. The topological polar surface area (TPSA) is 75.6 Å². The van der Waals surface area contributed by atoms with Crippen molar-refractivity contribution in [2.45, 2.75) is 18.6 Å². The SMILES string of the molecule is CC(NC(=O)COc1ccccc1F)(C(=O)O)C(F)(F)F. The predicted molar refractivity (Wildman–Crippen MR) is 62.1 cm³/mol. The fraction of sp³-hybridized carbons (Fsp3) is 0.333. The lowest BCUT2D eigenvalue weighted by Crippen LogP contribution is -2.62. The van der Waals surface area contributed by atoms with Crippen LogP contribution in [0.4, 0.5) is 17.6 Å². The van der Waals surface area contributed by atoms with Gasteiger partial charge in [0.1, 0.15) is 0 Å². The number of rotatable bonds is 5. The second kappa shape index (κ2) is 5.98. The molecule has 0 aromatic heterocycles. The maximum absolute atomic E-state index is 13.2. The van der Waals surface area contributed by atoms with Crippen molar-refractivity contribution < 1.29 is 37.0 Å². The van der Waals surface area contributed by atoms with Crippen LogP contribution in [0.15, 0.2) is 24.3 Å². The smallest absolute Gasteiger partial charge is 0.422 e. The van der Waals surface area contributed by atoms with Crippen LogP contribution in [0.25, 0.3) is 0 Å². The van der Waals surface area contributed by atoms with Crippen LogP contribution in [0, 0.1) is 5.82 Å². The fourth-order valence-electron chi connectivity index (χ4n) is 1.27. The number of carbonyl (C=O) groups is 2. The number of carboxylic acid groups (broad SMARTS) is 1. The average molecular weight is 309 g/mol. The predicted octanol–water partition coefficient (Wildman–Crippen LogP) is 1.73. The Kier molecular flexibility index (Phi) is 4.77. The van der Waals surface area contributed by atoms with Gasteiger partial charge in [-0.2, -0.15) is 13.2 Å². The van der Waals surface area contributed by atoms with Gasteiger partial charge in [0.25, 0.3) is 5.91 Å². The van der Waals surface area contributed by atoms with Crippen LogP contribution in [-0.4, -0.2) is 35.3 Å². The summed E-state index contributed by atoms with van der Waals surface area (Å²) in [7, 11) is 0. The van der Waals surface area contributed by atoms with Crippen LogP contribution >= 0.6 is 0 Å². The Morgan fingerprint density at radius 2 is 1.86 bits per heavy atom. The first-order valence-electron chi connectivity index (χ1n) is 5.56. The molecule has 0 heterocycles. The lowest BCUT2D eigenvalue weighted by Gasteiger charge is -2.28. The summed E-state index contributed by atoms with van der Waals surface area (Å²) in [4.78, 5) is 22.1. The highest BCUT2D eigenvalue weighted by Crippen LogP contribution is 2.30. The van der Waals surface area contributed by atoms with Gasteiger partial charge in [-0.15, -0.1) is 0 Å². The van der Waals surface area contributed by atoms with E-state index >= 15 is 0 Å². The monoisotopic (exact) mass is 309 g/mol. The van der Waals surface area contributed by atoms with Crippen LogP contribution in [-0.2, 0) is 9.59 Å². The molecule has 0 aliphatic heterocycles. The third-order valence-corrected chi connectivity index (χ3v) is 2.58. The van der Waals surface area contributed by atoms with Crippen molar-refractivity contribution in [2.75, 3.05) is 6.61 Å². The zero-order chi connectivity index (χ0) is 16.3. The van der Waals surface area contributed by atoms with E-state index < -0.39 is 36.0 Å². The number of carboxylic acids is 1. The van der Waals surface area contributed by atoms with Gasteiger partial charge < -0.3 is 15.2 Å². The molecule has 0 spiro atoms. The zero-order valence-corrected chi connectivity index (χ0v) is 10.7. The molecule has 0 saturated carbocycles. The fourth-order valence-corrected chi connectivity index (χ4v) is 1.27. The van der Waals surface area contributed by atoms with Crippen molar-refractivity contribution >= 4 is 11.9 Å². The first kappa shape index (κ1) is 16.7. The highest BCUT2D eigenvalue weighted by atomic mass is 19.4. The van der Waals surface area contributed by atoms with Gasteiger partial charge in [-0.05, 0) is 19.1 Å². The van der Waals surface area contributed by atoms with Gasteiger partial charge in [-0.1, -0.05) is 12.1 Å². The second-order valence-electron chi connectivity index (χ2n) is 4.20. The quantitative estimate of drug-likeness (QED) is 0.812. The molecule has 1 amide bonds. The molecule has 9 heteroatoms. The van der Waals surface area contributed by atoms with E-state index in [1.54, 1.807) is 0 Å². The van der Waals surface area contributed by atoms with Crippen LogP contribution in [0.1, 0.15) is 6.92 Å². The van der Waals surface area contributed by atoms with Gasteiger partial charge >= 0.3 is 12.1 Å².